The summed E-state index contributed by atoms with van der Waals surface area (Å²) >= 11 is 0. The zero-order valence-corrected chi connectivity index (χ0v) is 23.4. The zero-order valence-electron chi connectivity index (χ0n) is 23.4. The first-order valence-electron chi connectivity index (χ1n) is 14.6. The largest absolute Gasteiger partial charge is 0.481 e. The minimum Gasteiger partial charge on any atom is -0.481 e. The van der Waals surface area contributed by atoms with Gasteiger partial charge in [0.25, 0.3) is 0 Å². The number of carbonyl (C=O) groups is 1. The molecule has 5 aromatic rings. The van der Waals surface area contributed by atoms with Crippen LogP contribution in [-0.2, 0) is 4.79 Å². The van der Waals surface area contributed by atoms with Crippen LogP contribution < -0.4 is 5.32 Å². The van der Waals surface area contributed by atoms with Crippen LogP contribution in [0.5, 0.6) is 0 Å². The van der Waals surface area contributed by atoms with Crippen molar-refractivity contribution in [2.24, 2.45) is 17.8 Å². The number of aromatic amines is 1. The highest BCUT2D eigenvalue weighted by Gasteiger charge is 2.47. The van der Waals surface area contributed by atoms with Gasteiger partial charge in [0.2, 0.25) is 0 Å². The van der Waals surface area contributed by atoms with E-state index in [1.54, 1.807) is 12.1 Å². The number of fused-ring (bicyclic) bond motifs is 4. The first-order chi connectivity index (χ1) is 21.3. The van der Waals surface area contributed by atoms with Crippen LogP contribution in [0.2, 0.25) is 0 Å². The summed E-state index contributed by atoms with van der Waals surface area (Å²) in [6, 6.07) is 20.2. The molecule has 3 fully saturated rings. The number of H-pyrrole nitrogens is 1. The Bertz CT molecular complexity index is 1940. The van der Waals surface area contributed by atoms with E-state index in [1.165, 1.54) is 6.20 Å². The number of hydrogen-bond acceptors (Lipinski definition) is 4. The van der Waals surface area contributed by atoms with Crippen LogP contribution in [0.15, 0.2) is 72.9 Å². The average Bonchev–Trinajstić information content (AvgIpc) is 3.46. The maximum atomic E-state index is 16.7. The highest BCUT2D eigenvalue weighted by Crippen LogP contribution is 2.47. The number of aliphatic carboxylic acids is 1. The van der Waals surface area contributed by atoms with Crippen LogP contribution in [-0.4, -0.2) is 27.1 Å². The molecule has 3 saturated carbocycles. The van der Waals surface area contributed by atoms with Crippen molar-refractivity contribution >= 4 is 22.7 Å². The van der Waals surface area contributed by atoms with Crippen molar-refractivity contribution in [1.82, 2.24) is 9.97 Å². The number of pyridine rings is 1. The maximum absolute atomic E-state index is 16.7. The van der Waals surface area contributed by atoms with Gasteiger partial charge in [-0.2, -0.15) is 5.26 Å². The fourth-order valence-electron chi connectivity index (χ4n) is 7.21. The molecule has 0 amide bonds. The molecule has 3 N–H and O–H groups in total. The van der Waals surface area contributed by atoms with Crippen molar-refractivity contribution in [1.29, 1.82) is 5.26 Å². The number of aromatic nitrogens is 2. The topological polar surface area (TPSA) is 102 Å². The van der Waals surface area contributed by atoms with Crippen LogP contribution in [0.1, 0.15) is 31.2 Å². The van der Waals surface area contributed by atoms with Crippen LogP contribution in [0.4, 0.5) is 19.0 Å². The van der Waals surface area contributed by atoms with Gasteiger partial charge in [-0.1, -0.05) is 54.6 Å². The smallest absolute Gasteiger partial charge is 0.308 e. The highest BCUT2D eigenvalue weighted by molar-refractivity contribution is 5.98. The lowest BCUT2D eigenvalue weighted by molar-refractivity contribution is -0.148. The van der Waals surface area contributed by atoms with E-state index in [2.05, 4.69) is 21.4 Å². The number of anilines is 1. The van der Waals surface area contributed by atoms with Gasteiger partial charge in [0.15, 0.2) is 11.6 Å². The summed E-state index contributed by atoms with van der Waals surface area (Å²) in [7, 11) is 0. The first kappa shape index (κ1) is 27.7. The molecule has 3 aliphatic rings. The molecule has 2 heterocycles. The Hall–Kier alpha value is -5.10. The van der Waals surface area contributed by atoms with Crippen LogP contribution in [0.3, 0.4) is 0 Å². The standard InChI is InChI=1S/C35H27F3N4O2/c36-23-14-24-26(17-40-33(24)27(37)15-23)32-25(16-39)28(20-8-6-19(7-9-20)18-4-2-1-3-5-18)30(38)34(42-32)41-31-22-12-10-21(11-13-22)29(31)35(43)44/h1-9,14-15,17,21-22,29,31,40H,10-13H2,(H,41,42)(H,43,44). The Morgan fingerprint density at radius 2 is 1.59 bits per heavy atom. The first-order valence-corrected chi connectivity index (χ1v) is 14.6. The molecule has 220 valence electrons. The Labute approximate surface area is 251 Å². The summed E-state index contributed by atoms with van der Waals surface area (Å²) < 4.78 is 45.7. The molecule has 8 rings (SSSR count). The third-order valence-corrected chi connectivity index (χ3v) is 9.30. The van der Waals surface area contributed by atoms with E-state index in [0.717, 1.165) is 48.9 Å². The Morgan fingerprint density at radius 3 is 2.27 bits per heavy atom. The third kappa shape index (κ3) is 4.58. The summed E-state index contributed by atoms with van der Waals surface area (Å²) in [5.74, 6) is -4.28. The van der Waals surface area contributed by atoms with E-state index < -0.39 is 35.4 Å². The van der Waals surface area contributed by atoms with Gasteiger partial charge in [0.1, 0.15) is 17.7 Å². The number of rotatable bonds is 6. The number of hydrogen-bond donors (Lipinski definition) is 3. The number of benzene rings is 3. The summed E-state index contributed by atoms with van der Waals surface area (Å²) in [6.07, 6.45) is 4.68. The van der Waals surface area contributed by atoms with Crippen LogP contribution in [0.25, 0.3) is 44.4 Å². The molecular weight excluding hydrogens is 565 g/mol. The third-order valence-electron chi connectivity index (χ3n) is 9.30. The van der Waals surface area contributed by atoms with Gasteiger partial charge in [-0.25, -0.2) is 18.2 Å². The maximum Gasteiger partial charge on any atom is 0.308 e. The van der Waals surface area contributed by atoms with Gasteiger partial charge in [-0.3, -0.25) is 4.79 Å². The fraction of sp³-hybridized carbons (Fsp3) is 0.229. The van der Waals surface area contributed by atoms with E-state index in [1.807, 2.05) is 42.5 Å². The molecule has 2 atom stereocenters. The summed E-state index contributed by atoms with van der Waals surface area (Å²) in [6.45, 7) is 0. The fourth-order valence-corrected chi connectivity index (χ4v) is 7.21. The number of nitriles is 1. The minimum atomic E-state index is -0.939. The average molecular weight is 593 g/mol. The lowest BCUT2D eigenvalue weighted by atomic mass is 9.61. The molecule has 3 aliphatic carbocycles. The second-order valence-corrected chi connectivity index (χ2v) is 11.6. The quantitative estimate of drug-likeness (QED) is 0.185. The Morgan fingerprint density at radius 1 is 0.932 bits per heavy atom. The molecule has 2 bridgehead atoms. The second-order valence-electron chi connectivity index (χ2n) is 11.6. The van der Waals surface area contributed by atoms with E-state index in [4.69, 9.17) is 0 Å². The van der Waals surface area contributed by atoms with Gasteiger partial charge in [-0.05, 0) is 60.3 Å². The van der Waals surface area contributed by atoms with Crippen LogP contribution >= 0.6 is 0 Å². The van der Waals surface area contributed by atoms with Crippen molar-refractivity contribution in [3.8, 4) is 39.6 Å². The molecule has 44 heavy (non-hydrogen) atoms. The van der Waals surface area contributed by atoms with Crippen molar-refractivity contribution < 1.29 is 23.1 Å². The molecule has 0 aliphatic heterocycles. The van der Waals surface area contributed by atoms with E-state index in [0.29, 0.717) is 5.56 Å². The van der Waals surface area contributed by atoms with Crippen molar-refractivity contribution in [3.05, 3.63) is 95.9 Å². The Kier molecular flexibility index (Phi) is 6.85. The van der Waals surface area contributed by atoms with E-state index >= 15 is 4.39 Å². The molecule has 0 radical (unpaired) electrons. The van der Waals surface area contributed by atoms with Crippen LogP contribution in [0, 0.1) is 46.5 Å². The van der Waals surface area contributed by atoms with E-state index in [9.17, 15) is 23.9 Å². The normalized spacial score (nSPS) is 20.9. The lowest BCUT2D eigenvalue weighted by Gasteiger charge is -2.47. The van der Waals surface area contributed by atoms with Gasteiger partial charge in [-0.15, -0.1) is 0 Å². The van der Waals surface area contributed by atoms with Crippen molar-refractivity contribution in [3.63, 3.8) is 0 Å². The van der Waals surface area contributed by atoms with Crippen molar-refractivity contribution in [2.45, 2.75) is 31.7 Å². The van der Waals surface area contributed by atoms with Gasteiger partial charge in [0.05, 0.1) is 22.7 Å². The van der Waals surface area contributed by atoms with Gasteiger partial charge < -0.3 is 15.4 Å². The molecule has 9 heteroatoms. The molecule has 3 aromatic carbocycles. The Balaban J connectivity index is 1.43. The molecule has 2 unspecified atom stereocenters. The number of nitrogens with zero attached hydrogens (tertiary/aromatic N) is 2. The predicted molar refractivity (Wildman–Crippen MR) is 161 cm³/mol. The molecule has 0 saturated heterocycles. The second kappa shape index (κ2) is 10.9. The lowest BCUT2D eigenvalue weighted by Crippen LogP contribution is -2.51. The monoisotopic (exact) mass is 592 g/mol. The number of carboxylic acid groups (broad SMARTS) is 1. The molecular formula is C35H27F3N4O2. The van der Waals surface area contributed by atoms with Gasteiger partial charge >= 0.3 is 5.97 Å². The zero-order chi connectivity index (χ0) is 30.5. The van der Waals surface area contributed by atoms with Gasteiger partial charge in [0, 0.05) is 34.8 Å². The predicted octanol–water partition coefficient (Wildman–Crippen LogP) is 8.15. The highest BCUT2D eigenvalue weighted by atomic mass is 19.1. The number of carboxylic acids is 1. The molecule has 2 aromatic heterocycles. The molecule has 0 spiro atoms. The number of halogens is 3. The summed E-state index contributed by atoms with van der Waals surface area (Å²) in [5.41, 5.74) is 2.41. The summed E-state index contributed by atoms with van der Waals surface area (Å²) in [4.78, 5) is 19.7. The minimum absolute atomic E-state index is 0.0197. The van der Waals surface area contributed by atoms with E-state index in [-0.39, 0.29) is 50.9 Å². The SMILES string of the molecule is N#Cc1c(-c2c[nH]c3c(F)cc(F)cc23)nc(NC2C3CCC(CC3)C2C(=O)O)c(F)c1-c1ccc(-c2ccccc2)cc1. The van der Waals surface area contributed by atoms with Crippen molar-refractivity contribution in [2.75, 3.05) is 5.32 Å². The summed E-state index contributed by atoms with van der Waals surface area (Å²) in [5, 5.41) is 23.8. The number of nitrogens with one attached hydrogen (secondary N) is 2. The molecule has 6 nitrogen and oxygen atoms in total.